The van der Waals surface area contributed by atoms with E-state index >= 15 is 0 Å². The molecule has 0 radical (unpaired) electrons. The van der Waals surface area contributed by atoms with Crippen LogP contribution >= 0.6 is 0 Å². The number of nitrogens with one attached hydrogen (secondary N) is 1. The van der Waals surface area contributed by atoms with Crippen LogP contribution in [0.4, 0.5) is 0 Å². The molecule has 22 heavy (non-hydrogen) atoms. The van der Waals surface area contributed by atoms with Crippen molar-refractivity contribution in [3.8, 4) is 0 Å². The topological polar surface area (TPSA) is 51.5 Å². The van der Waals surface area contributed by atoms with Crippen molar-refractivity contribution in [2.24, 2.45) is 0 Å². The van der Waals surface area contributed by atoms with Gasteiger partial charge in [0.2, 0.25) is 0 Å². The van der Waals surface area contributed by atoms with Crippen LogP contribution < -0.4 is 5.32 Å². The summed E-state index contributed by atoms with van der Waals surface area (Å²) < 4.78 is 11.1. The van der Waals surface area contributed by atoms with Gasteiger partial charge in [0.1, 0.15) is 11.3 Å². The van der Waals surface area contributed by atoms with E-state index in [1.165, 1.54) is 12.8 Å². The first-order chi connectivity index (χ1) is 10.7. The summed E-state index contributed by atoms with van der Waals surface area (Å²) in [5.74, 6) is 0.847. The van der Waals surface area contributed by atoms with Crippen LogP contribution in [0.15, 0.2) is 28.7 Å². The summed E-state index contributed by atoms with van der Waals surface area (Å²) in [7, 11) is 0. The van der Waals surface area contributed by atoms with Crippen molar-refractivity contribution in [1.82, 2.24) is 5.32 Å². The Kier molecular flexibility index (Phi) is 4.78. The van der Waals surface area contributed by atoms with Gasteiger partial charge in [-0.05, 0) is 63.3 Å². The Morgan fingerprint density at radius 3 is 3.05 bits per heavy atom. The van der Waals surface area contributed by atoms with Crippen molar-refractivity contribution in [3.63, 3.8) is 0 Å². The van der Waals surface area contributed by atoms with Gasteiger partial charge in [0.05, 0.1) is 6.10 Å². The molecule has 1 atom stereocenters. The highest BCUT2D eigenvalue weighted by atomic mass is 16.5. The number of carbonyl (C=O) groups is 1. The zero-order valence-electron chi connectivity index (χ0n) is 13.1. The summed E-state index contributed by atoms with van der Waals surface area (Å²) in [5.41, 5.74) is 1.51. The van der Waals surface area contributed by atoms with Gasteiger partial charge in [-0.25, -0.2) is 0 Å². The fraction of sp³-hybridized carbons (Fsp3) is 0.500. The molecule has 1 aromatic carbocycles. The van der Waals surface area contributed by atoms with Gasteiger partial charge in [0.15, 0.2) is 0 Å². The maximum absolute atomic E-state index is 12.1. The second kappa shape index (κ2) is 6.97. The molecule has 3 rings (SSSR count). The predicted octanol–water partition coefficient (Wildman–Crippen LogP) is 3.82. The molecule has 118 valence electrons. The fourth-order valence-electron chi connectivity index (χ4n) is 2.99. The van der Waals surface area contributed by atoms with Crippen molar-refractivity contribution in [1.29, 1.82) is 0 Å². The molecule has 1 unspecified atom stereocenters. The maximum atomic E-state index is 12.1. The molecule has 4 heteroatoms. The lowest BCUT2D eigenvalue weighted by molar-refractivity contribution is 0.0947. The quantitative estimate of drug-likeness (QED) is 0.825. The normalized spacial score (nSPS) is 18.0. The highest BCUT2D eigenvalue weighted by molar-refractivity contribution is 5.97. The second-order valence-electron chi connectivity index (χ2n) is 6.00. The number of unbranched alkanes of at least 4 members (excludes halogenated alkanes) is 1. The summed E-state index contributed by atoms with van der Waals surface area (Å²) >= 11 is 0. The van der Waals surface area contributed by atoms with E-state index in [0.717, 1.165) is 42.6 Å². The number of carbonyl (C=O) groups excluding carboxylic acids is 1. The number of hydrogen-bond donors (Lipinski definition) is 1. The number of benzene rings is 1. The van der Waals surface area contributed by atoms with Crippen LogP contribution in [0.2, 0.25) is 0 Å². The van der Waals surface area contributed by atoms with Crippen LogP contribution in [0.3, 0.4) is 0 Å². The highest BCUT2D eigenvalue weighted by Gasteiger charge is 2.14. The summed E-state index contributed by atoms with van der Waals surface area (Å²) in [6, 6.07) is 7.50. The lowest BCUT2D eigenvalue weighted by Gasteiger charge is -2.09. The molecule has 0 bridgehead atoms. The van der Waals surface area contributed by atoms with Gasteiger partial charge in [0, 0.05) is 24.1 Å². The molecule has 0 aliphatic carbocycles. The second-order valence-corrected chi connectivity index (χ2v) is 6.00. The molecule has 0 spiro atoms. The van der Waals surface area contributed by atoms with Crippen LogP contribution in [0.25, 0.3) is 11.0 Å². The minimum atomic E-state index is -0.0159. The Morgan fingerprint density at radius 2 is 2.23 bits per heavy atom. The van der Waals surface area contributed by atoms with Gasteiger partial charge in [-0.1, -0.05) is 0 Å². The molecule has 1 aliphatic heterocycles. The molecule has 2 heterocycles. The SMILES string of the molecule is Cc1cc2cc(C(=O)NCCCCC3CCCO3)ccc2o1. The summed E-state index contributed by atoms with van der Waals surface area (Å²) in [6.45, 7) is 3.54. The van der Waals surface area contributed by atoms with Crippen molar-refractivity contribution >= 4 is 16.9 Å². The minimum absolute atomic E-state index is 0.0159. The average Bonchev–Trinajstić information content (AvgIpc) is 3.13. The van der Waals surface area contributed by atoms with E-state index in [1.54, 1.807) is 0 Å². The third-order valence-electron chi connectivity index (χ3n) is 4.16. The van der Waals surface area contributed by atoms with E-state index in [1.807, 2.05) is 31.2 Å². The molecular weight excluding hydrogens is 278 g/mol. The first-order valence-corrected chi connectivity index (χ1v) is 8.12. The van der Waals surface area contributed by atoms with Crippen LogP contribution in [0.1, 0.15) is 48.2 Å². The van der Waals surface area contributed by atoms with Gasteiger partial charge in [-0.2, -0.15) is 0 Å². The Hall–Kier alpha value is -1.81. The van der Waals surface area contributed by atoms with E-state index in [4.69, 9.17) is 9.15 Å². The minimum Gasteiger partial charge on any atom is -0.461 e. The number of aryl methyl sites for hydroxylation is 1. The lowest BCUT2D eigenvalue weighted by atomic mass is 10.1. The Balaban J connectivity index is 1.44. The number of hydrogen-bond acceptors (Lipinski definition) is 3. The Bertz CT molecular complexity index is 641. The molecule has 1 N–H and O–H groups in total. The van der Waals surface area contributed by atoms with Crippen LogP contribution in [-0.2, 0) is 4.74 Å². The van der Waals surface area contributed by atoms with Gasteiger partial charge in [-0.15, -0.1) is 0 Å². The van der Waals surface area contributed by atoms with Gasteiger partial charge in [-0.3, -0.25) is 4.79 Å². The van der Waals surface area contributed by atoms with Crippen LogP contribution in [0.5, 0.6) is 0 Å². The predicted molar refractivity (Wildman–Crippen MR) is 86.1 cm³/mol. The third-order valence-corrected chi connectivity index (χ3v) is 4.16. The number of rotatable bonds is 6. The molecule has 1 fully saturated rings. The molecule has 0 saturated carbocycles. The van der Waals surface area contributed by atoms with Gasteiger partial charge in [0.25, 0.3) is 5.91 Å². The standard InChI is InChI=1S/C18H23NO3/c1-13-11-15-12-14(7-8-17(15)22-13)18(20)19-9-3-2-5-16-6-4-10-21-16/h7-8,11-12,16H,2-6,9-10H2,1H3,(H,19,20). The zero-order chi connectivity index (χ0) is 15.4. The molecule has 1 amide bonds. The van der Waals surface area contributed by atoms with Crippen molar-refractivity contribution in [3.05, 3.63) is 35.6 Å². The molecule has 4 nitrogen and oxygen atoms in total. The van der Waals surface area contributed by atoms with Gasteiger partial charge < -0.3 is 14.5 Å². The number of ether oxygens (including phenoxy) is 1. The zero-order valence-corrected chi connectivity index (χ0v) is 13.1. The van der Waals surface area contributed by atoms with E-state index in [9.17, 15) is 4.79 Å². The van der Waals surface area contributed by atoms with E-state index in [2.05, 4.69) is 5.32 Å². The Morgan fingerprint density at radius 1 is 1.32 bits per heavy atom. The summed E-state index contributed by atoms with van der Waals surface area (Å²) in [5, 5.41) is 3.96. The smallest absolute Gasteiger partial charge is 0.251 e. The first-order valence-electron chi connectivity index (χ1n) is 8.12. The molecule has 2 aromatic rings. The molecule has 1 aromatic heterocycles. The molecule has 1 saturated heterocycles. The third kappa shape index (κ3) is 3.69. The largest absolute Gasteiger partial charge is 0.461 e. The maximum Gasteiger partial charge on any atom is 0.251 e. The Labute approximate surface area is 130 Å². The van der Waals surface area contributed by atoms with E-state index in [0.29, 0.717) is 18.2 Å². The van der Waals surface area contributed by atoms with Gasteiger partial charge >= 0.3 is 0 Å². The lowest BCUT2D eigenvalue weighted by Crippen LogP contribution is -2.24. The number of fused-ring (bicyclic) bond motifs is 1. The monoisotopic (exact) mass is 301 g/mol. The summed E-state index contributed by atoms with van der Waals surface area (Å²) in [4.78, 5) is 12.1. The highest BCUT2D eigenvalue weighted by Crippen LogP contribution is 2.20. The van der Waals surface area contributed by atoms with Crippen molar-refractivity contribution in [2.45, 2.75) is 45.1 Å². The number of furan rings is 1. The van der Waals surface area contributed by atoms with Crippen molar-refractivity contribution in [2.75, 3.05) is 13.2 Å². The fourth-order valence-corrected chi connectivity index (χ4v) is 2.99. The van der Waals surface area contributed by atoms with Crippen LogP contribution in [0, 0.1) is 6.92 Å². The summed E-state index contributed by atoms with van der Waals surface area (Å²) in [6.07, 6.45) is 6.04. The molecular formula is C18H23NO3. The van der Waals surface area contributed by atoms with E-state index in [-0.39, 0.29) is 5.91 Å². The first kappa shape index (κ1) is 15.1. The number of amides is 1. The van der Waals surface area contributed by atoms with E-state index < -0.39 is 0 Å². The average molecular weight is 301 g/mol. The van der Waals surface area contributed by atoms with Crippen LogP contribution in [-0.4, -0.2) is 25.2 Å². The molecule has 1 aliphatic rings. The van der Waals surface area contributed by atoms with Crippen molar-refractivity contribution < 1.29 is 13.9 Å².